The van der Waals surface area contributed by atoms with E-state index in [0.717, 1.165) is 5.76 Å². The Bertz CT molecular complexity index is 545. The third-order valence-electron chi connectivity index (χ3n) is 3.35. The van der Waals surface area contributed by atoms with E-state index in [2.05, 4.69) is 44.3 Å². The van der Waals surface area contributed by atoms with E-state index < -0.39 is 0 Å². The topological polar surface area (TPSA) is 45.4 Å². The predicted molar refractivity (Wildman–Crippen MR) is 75.8 cm³/mol. The fourth-order valence-corrected chi connectivity index (χ4v) is 2.28. The molecule has 2 N–H and O–H groups in total. The smallest absolute Gasteiger partial charge is 0.129 e. The molecule has 2 aromatic rings. The van der Waals surface area contributed by atoms with E-state index in [9.17, 15) is 0 Å². The van der Waals surface area contributed by atoms with Crippen LogP contribution in [0.1, 0.15) is 41.2 Å². The van der Waals surface area contributed by atoms with Crippen LogP contribution in [0.25, 0.3) is 0 Å². The zero-order valence-corrected chi connectivity index (χ0v) is 11.7. The van der Waals surface area contributed by atoms with Gasteiger partial charge in [0, 0.05) is 6.04 Å². The fourth-order valence-electron chi connectivity index (χ4n) is 2.28. The largest absolute Gasteiger partial charge is 0.462 e. The van der Waals surface area contributed by atoms with Crippen LogP contribution in [0.5, 0.6) is 0 Å². The Hall–Kier alpha value is -1.58. The minimum absolute atomic E-state index is 0.0490. The highest BCUT2D eigenvalue weighted by Crippen LogP contribution is 2.19. The van der Waals surface area contributed by atoms with E-state index >= 15 is 0 Å². The molecule has 19 heavy (non-hydrogen) atoms. The molecule has 1 unspecified atom stereocenters. The first-order chi connectivity index (χ1) is 9.10. The SMILES string of the molecule is Cc1ccc(C(C)NCc2ccc(CO)o2)c(C)c1. The quantitative estimate of drug-likeness (QED) is 0.866. The van der Waals surface area contributed by atoms with Crippen molar-refractivity contribution >= 4 is 0 Å². The molecule has 0 radical (unpaired) electrons. The Balaban J connectivity index is 1.98. The third-order valence-corrected chi connectivity index (χ3v) is 3.35. The van der Waals surface area contributed by atoms with E-state index in [-0.39, 0.29) is 12.6 Å². The average molecular weight is 259 g/mol. The molecule has 1 aromatic carbocycles. The van der Waals surface area contributed by atoms with Gasteiger partial charge in [0.2, 0.25) is 0 Å². The van der Waals surface area contributed by atoms with Crippen molar-refractivity contribution in [3.63, 3.8) is 0 Å². The van der Waals surface area contributed by atoms with Crippen molar-refractivity contribution in [2.45, 2.75) is 40.0 Å². The van der Waals surface area contributed by atoms with E-state index in [1.165, 1.54) is 16.7 Å². The van der Waals surface area contributed by atoms with E-state index in [1.807, 2.05) is 6.07 Å². The van der Waals surface area contributed by atoms with Gasteiger partial charge in [-0.2, -0.15) is 0 Å². The molecule has 0 aliphatic carbocycles. The number of furan rings is 1. The fraction of sp³-hybridized carbons (Fsp3) is 0.375. The van der Waals surface area contributed by atoms with Crippen LogP contribution in [0.2, 0.25) is 0 Å². The van der Waals surface area contributed by atoms with Crippen LogP contribution in [0.4, 0.5) is 0 Å². The lowest BCUT2D eigenvalue weighted by molar-refractivity contribution is 0.242. The molecule has 0 bridgehead atoms. The normalized spacial score (nSPS) is 12.6. The zero-order valence-electron chi connectivity index (χ0n) is 11.7. The molecule has 0 amide bonds. The number of benzene rings is 1. The Labute approximate surface area is 114 Å². The lowest BCUT2D eigenvalue weighted by Gasteiger charge is -2.16. The maximum absolute atomic E-state index is 8.95. The molecule has 0 aliphatic rings. The van der Waals surface area contributed by atoms with Crippen molar-refractivity contribution in [3.05, 3.63) is 58.5 Å². The predicted octanol–water partition coefficient (Wildman–Crippen LogP) is 3.24. The second-order valence-electron chi connectivity index (χ2n) is 4.99. The van der Waals surface area contributed by atoms with Crippen LogP contribution in [0.15, 0.2) is 34.7 Å². The van der Waals surface area contributed by atoms with Crippen molar-refractivity contribution in [1.29, 1.82) is 0 Å². The third kappa shape index (κ3) is 3.46. The van der Waals surface area contributed by atoms with Gasteiger partial charge in [0.25, 0.3) is 0 Å². The Morgan fingerprint density at radius 2 is 1.89 bits per heavy atom. The Kier molecular flexibility index (Phi) is 4.40. The van der Waals surface area contributed by atoms with E-state index in [0.29, 0.717) is 12.3 Å². The van der Waals surface area contributed by atoms with E-state index in [1.54, 1.807) is 6.07 Å². The monoisotopic (exact) mass is 259 g/mol. The number of aryl methyl sites for hydroxylation is 2. The second-order valence-corrected chi connectivity index (χ2v) is 4.99. The van der Waals surface area contributed by atoms with Crippen LogP contribution in [0, 0.1) is 13.8 Å². The minimum atomic E-state index is -0.0490. The van der Waals surface area contributed by atoms with Crippen molar-refractivity contribution in [3.8, 4) is 0 Å². The highest BCUT2D eigenvalue weighted by Gasteiger charge is 2.09. The summed E-state index contributed by atoms with van der Waals surface area (Å²) in [5, 5.41) is 12.4. The lowest BCUT2D eigenvalue weighted by atomic mass is 10.0. The summed E-state index contributed by atoms with van der Waals surface area (Å²) in [4.78, 5) is 0. The highest BCUT2D eigenvalue weighted by atomic mass is 16.4. The van der Waals surface area contributed by atoms with Crippen LogP contribution < -0.4 is 5.32 Å². The number of aliphatic hydroxyl groups is 1. The number of aliphatic hydroxyl groups excluding tert-OH is 1. The van der Waals surface area contributed by atoms with Gasteiger partial charge < -0.3 is 14.8 Å². The van der Waals surface area contributed by atoms with Gasteiger partial charge in [-0.25, -0.2) is 0 Å². The van der Waals surface area contributed by atoms with Gasteiger partial charge >= 0.3 is 0 Å². The van der Waals surface area contributed by atoms with Gasteiger partial charge in [0.1, 0.15) is 18.1 Å². The van der Waals surface area contributed by atoms with Crippen molar-refractivity contribution in [2.24, 2.45) is 0 Å². The first kappa shape index (κ1) is 13.8. The summed E-state index contributed by atoms with van der Waals surface area (Å²) in [6, 6.07) is 10.5. The summed E-state index contributed by atoms with van der Waals surface area (Å²) in [6.45, 7) is 7.00. The molecule has 0 spiro atoms. The molecule has 2 rings (SSSR count). The molecule has 3 heteroatoms. The summed E-state index contributed by atoms with van der Waals surface area (Å²) >= 11 is 0. The van der Waals surface area contributed by atoms with Gasteiger partial charge in [-0.05, 0) is 44.0 Å². The van der Waals surface area contributed by atoms with Crippen LogP contribution in [-0.2, 0) is 13.2 Å². The maximum Gasteiger partial charge on any atom is 0.129 e. The summed E-state index contributed by atoms with van der Waals surface area (Å²) in [5.74, 6) is 1.46. The molecule has 0 aliphatic heterocycles. The number of rotatable bonds is 5. The summed E-state index contributed by atoms with van der Waals surface area (Å²) in [7, 11) is 0. The number of hydrogen-bond donors (Lipinski definition) is 2. The lowest BCUT2D eigenvalue weighted by Crippen LogP contribution is -2.18. The highest BCUT2D eigenvalue weighted by molar-refractivity contribution is 5.32. The van der Waals surface area contributed by atoms with Crippen LogP contribution in [0.3, 0.4) is 0 Å². The molecular weight excluding hydrogens is 238 g/mol. The Morgan fingerprint density at radius 3 is 2.53 bits per heavy atom. The number of nitrogens with one attached hydrogen (secondary N) is 1. The second kappa shape index (κ2) is 6.04. The van der Waals surface area contributed by atoms with Crippen LogP contribution in [-0.4, -0.2) is 5.11 Å². The number of hydrogen-bond acceptors (Lipinski definition) is 3. The van der Waals surface area contributed by atoms with Gasteiger partial charge in [-0.15, -0.1) is 0 Å². The first-order valence-electron chi connectivity index (χ1n) is 6.59. The first-order valence-corrected chi connectivity index (χ1v) is 6.59. The molecule has 1 atom stereocenters. The molecule has 0 saturated carbocycles. The molecule has 0 saturated heterocycles. The zero-order chi connectivity index (χ0) is 13.8. The minimum Gasteiger partial charge on any atom is -0.462 e. The van der Waals surface area contributed by atoms with Gasteiger partial charge in [0.05, 0.1) is 6.54 Å². The molecular formula is C16H21NO2. The van der Waals surface area contributed by atoms with Gasteiger partial charge in [0.15, 0.2) is 0 Å². The molecule has 1 aromatic heterocycles. The molecule has 0 fully saturated rings. The van der Waals surface area contributed by atoms with Crippen LogP contribution >= 0.6 is 0 Å². The summed E-state index contributed by atoms with van der Waals surface area (Å²) in [5.41, 5.74) is 3.89. The maximum atomic E-state index is 8.95. The molecule has 1 heterocycles. The summed E-state index contributed by atoms with van der Waals surface area (Å²) in [6.07, 6.45) is 0. The van der Waals surface area contributed by atoms with Crippen molar-refractivity contribution in [2.75, 3.05) is 0 Å². The average Bonchev–Trinajstić information content (AvgIpc) is 2.84. The van der Waals surface area contributed by atoms with Gasteiger partial charge in [-0.3, -0.25) is 0 Å². The Morgan fingerprint density at radius 1 is 1.16 bits per heavy atom. The molecule has 102 valence electrons. The van der Waals surface area contributed by atoms with Crippen molar-refractivity contribution in [1.82, 2.24) is 5.32 Å². The van der Waals surface area contributed by atoms with E-state index in [4.69, 9.17) is 9.52 Å². The standard InChI is InChI=1S/C16H21NO2/c1-11-4-7-16(12(2)8-11)13(3)17-9-14-5-6-15(10-18)19-14/h4-8,13,17-18H,9-10H2,1-3H3. The molecule has 3 nitrogen and oxygen atoms in total. The van der Waals surface area contributed by atoms with Crippen molar-refractivity contribution < 1.29 is 9.52 Å². The summed E-state index contributed by atoms with van der Waals surface area (Å²) < 4.78 is 5.46. The van der Waals surface area contributed by atoms with Gasteiger partial charge in [-0.1, -0.05) is 23.8 Å².